The van der Waals surface area contributed by atoms with Crippen LogP contribution in [0.2, 0.25) is 0 Å². The van der Waals surface area contributed by atoms with E-state index in [4.69, 9.17) is 4.98 Å². The molecule has 2 aromatic rings. The summed E-state index contributed by atoms with van der Waals surface area (Å²) in [7, 11) is 3.93. The van der Waals surface area contributed by atoms with Gasteiger partial charge in [0.05, 0.1) is 17.9 Å². The molecule has 5 heteroatoms. The highest BCUT2D eigenvalue weighted by Crippen LogP contribution is 2.30. The Bertz CT molecular complexity index is 562. The summed E-state index contributed by atoms with van der Waals surface area (Å²) in [6.45, 7) is 8.66. The zero-order valence-electron chi connectivity index (χ0n) is 12.5. The molecule has 2 rings (SSSR count). The second kappa shape index (κ2) is 5.06. The molecule has 0 aliphatic heterocycles. The standard InChI is InChI=1S/C14H22N4S/c1-9-10(7-16-18(9)6)12(15-5)13-17-11(8-19-13)14(2,3)4/h7-8,12,15H,1-6H3. The number of aryl methyl sites for hydroxylation is 1. The summed E-state index contributed by atoms with van der Waals surface area (Å²) in [6.07, 6.45) is 1.93. The lowest BCUT2D eigenvalue weighted by atomic mass is 9.93. The maximum atomic E-state index is 4.80. The fraction of sp³-hybridized carbons (Fsp3) is 0.571. The van der Waals surface area contributed by atoms with Crippen LogP contribution >= 0.6 is 11.3 Å². The van der Waals surface area contributed by atoms with Crippen LogP contribution in [0.25, 0.3) is 0 Å². The number of aromatic nitrogens is 3. The Labute approximate surface area is 118 Å². The van der Waals surface area contributed by atoms with E-state index in [1.54, 1.807) is 11.3 Å². The first-order valence-electron chi connectivity index (χ1n) is 6.46. The molecule has 0 fully saturated rings. The van der Waals surface area contributed by atoms with Crippen molar-refractivity contribution < 1.29 is 0 Å². The SMILES string of the molecule is CNC(c1nc(C(C)(C)C)cs1)c1cnn(C)c1C. The van der Waals surface area contributed by atoms with Crippen LogP contribution in [-0.2, 0) is 12.5 Å². The molecular formula is C14H22N4S. The second-order valence-corrected chi connectivity index (χ2v) is 6.74. The van der Waals surface area contributed by atoms with E-state index in [0.29, 0.717) is 0 Å². The lowest BCUT2D eigenvalue weighted by Crippen LogP contribution is -2.19. The number of hydrogen-bond acceptors (Lipinski definition) is 4. The Morgan fingerprint density at radius 3 is 2.47 bits per heavy atom. The number of rotatable bonds is 3. The Morgan fingerprint density at radius 1 is 1.37 bits per heavy atom. The Morgan fingerprint density at radius 2 is 2.05 bits per heavy atom. The molecule has 0 amide bonds. The highest BCUT2D eigenvalue weighted by Gasteiger charge is 2.23. The molecule has 2 aromatic heterocycles. The molecule has 2 heterocycles. The smallest absolute Gasteiger partial charge is 0.115 e. The maximum Gasteiger partial charge on any atom is 0.115 e. The van der Waals surface area contributed by atoms with E-state index in [1.165, 1.54) is 11.3 Å². The highest BCUT2D eigenvalue weighted by molar-refractivity contribution is 7.09. The molecule has 1 N–H and O–H groups in total. The summed E-state index contributed by atoms with van der Waals surface area (Å²) in [4.78, 5) is 4.80. The van der Waals surface area contributed by atoms with Gasteiger partial charge in [0.25, 0.3) is 0 Å². The van der Waals surface area contributed by atoms with Crippen LogP contribution in [-0.4, -0.2) is 21.8 Å². The van der Waals surface area contributed by atoms with E-state index in [1.807, 2.05) is 25.0 Å². The van der Waals surface area contributed by atoms with Crippen molar-refractivity contribution in [3.05, 3.63) is 33.5 Å². The highest BCUT2D eigenvalue weighted by atomic mass is 32.1. The third-order valence-electron chi connectivity index (χ3n) is 3.41. The van der Waals surface area contributed by atoms with E-state index in [2.05, 4.69) is 43.5 Å². The van der Waals surface area contributed by atoms with Gasteiger partial charge in [-0.15, -0.1) is 11.3 Å². The van der Waals surface area contributed by atoms with E-state index >= 15 is 0 Å². The van der Waals surface area contributed by atoms with Crippen LogP contribution < -0.4 is 5.32 Å². The summed E-state index contributed by atoms with van der Waals surface area (Å²) >= 11 is 1.71. The van der Waals surface area contributed by atoms with Gasteiger partial charge in [-0.25, -0.2) is 4.98 Å². The maximum absolute atomic E-state index is 4.80. The lowest BCUT2D eigenvalue weighted by molar-refractivity contribution is 0.566. The Hall–Kier alpha value is -1.20. The molecule has 19 heavy (non-hydrogen) atoms. The van der Waals surface area contributed by atoms with E-state index < -0.39 is 0 Å². The van der Waals surface area contributed by atoms with Gasteiger partial charge in [0.2, 0.25) is 0 Å². The first-order valence-corrected chi connectivity index (χ1v) is 7.34. The van der Waals surface area contributed by atoms with Crippen LogP contribution in [0.4, 0.5) is 0 Å². The molecule has 1 unspecified atom stereocenters. The average molecular weight is 278 g/mol. The number of nitrogens with zero attached hydrogens (tertiary/aromatic N) is 3. The Kier molecular flexibility index (Phi) is 3.78. The van der Waals surface area contributed by atoms with Crippen molar-refractivity contribution in [2.45, 2.75) is 39.2 Å². The summed E-state index contributed by atoms with van der Waals surface area (Å²) in [5.74, 6) is 0. The van der Waals surface area contributed by atoms with Gasteiger partial charge in [-0.1, -0.05) is 20.8 Å². The fourth-order valence-electron chi connectivity index (χ4n) is 1.98. The fourth-order valence-corrected chi connectivity index (χ4v) is 3.15. The minimum Gasteiger partial charge on any atom is -0.307 e. The van der Waals surface area contributed by atoms with Gasteiger partial charge in [-0.05, 0) is 14.0 Å². The molecule has 0 radical (unpaired) electrons. The van der Waals surface area contributed by atoms with Crippen molar-refractivity contribution in [2.75, 3.05) is 7.05 Å². The van der Waals surface area contributed by atoms with Crippen LogP contribution in [0.3, 0.4) is 0 Å². The first kappa shape index (κ1) is 14.2. The summed E-state index contributed by atoms with van der Waals surface area (Å²) in [6, 6.07) is 0.120. The third-order valence-corrected chi connectivity index (χ3v) is 4.32. The van der Waals surface area contributed by atoms with Crippen molar-refractivity contribution in [1.82, 2.24) is 20.1 Å². The summed E-state index contributed by atoms with van der Waals surface area (Å²) < 4.78 is 1.90. The van der Waals surface area contributed by atoms with Gasteiger partial charge in [-0.3, -0.25) is 4.68 Å². The number of thiazole rings is 1. The molecular weight excluding hydrogens is 256 g/mol. The van der Waals surface area contributed by atoms with Crippen LogP contribution in [0.15, 0.2) is 11.6 Å². The van der Waals surface area contributed by atoms with Crippen LogP contribution in [0.5, 0.6) is 0 Å². The quantitative estimate of drug-likeness (QED) is 0.939. The van der Waals surface area contributed by atoms with Crippen LogP contribution in [0.1, 0.15) is 48.8 Å². The number of hydrogen-bond donors (Lipinski definition) is 1. The molecule has 0 aliphatic rings. The first-order chi connectivity index (χ1) is 8.84. The molecule has 4 nitrogen and oxygen atoms in total. The minimum absolute atomic E-state index is 0.0943. The predicted molar refractivity (Wildman–Crippen MR) is 79.7 cm³/mol. The average Bonchev–Trinajstić information content (AvgIpc) is 2.92. The normalized spacial score (nSPS) is 13.8. The summed E-state index contributed by atoms with van der Waals surface area (Å²) in [5, 5.41) is 10.9. The number of nitrogens with one attached hydrogen (secondary N) is 1. The largest absolute Gasteiger partial charge is 0.307 e. The zero-order valence-corrected chi connectivity index (χ0v) is 13.3. The van der Waals surface area contributed by atoms with Crippen molar-refractivity contribution in [3.8, 4) is 0 Å². The molecule has 0 spiro atoms. The molecule has 0 saturated heterocycles. The molecule has 0 aromatic carbocycles. The van der Waals surface area contributed by atoms with E-state index in [9.17, 15) is 0 Å². The third kappa shape index (κ3) is 2.72. The van der Waals surface area contributed by atoms with Gasteiger partial charge in [0.1, 0.15) is 5.01 Å². The monoisotopic (exact) mass is 278 g/mol. The summed E-state index contributed by atoms with van der Waals surface area (Å²) in [5.41, 5.74) is 3.61. The van der Waals surface area contributed by atoms with Gasteiger partial charge in [0.15, 0.2) is 0 Å². The van der Waals surface area contributed by atoms with E-state index in [-0.39, 0.29) is 11.5 Å². The molecule has 104 valence electrons. The zero-order chi connectivity index (χ0) is 14.2. The van der Waals surface area contributed by atoms with Gasteiger partial charge in [0, 0.05) is 29.1 Å². The van der Waals surface area contributed by atoms with Gasteiger partial charge in [-0.2, -0.15) is 5.10 Å². The Balaban J connectivity index is 2.38. The van der Waals surface area contributed by atoms with Gasteiger partial charge < -0.3 is 5.32 Å². The molecule has 0 saturated carbocycles. The van der Waals surface area contributed by atoms with Crippen molar-refractivity contribution in [1.29, 1.82) is 0 Å². The molecule has 0 bridgehead atoms. The van der Waals surface area contributed by atoms with Crippen molar-refractivity contribution in [2.24, 2.45) is 7.05 Å². The van der Waals surface area contributed by atoms with Crippen LogP contribution in [0, 0.1) is 6.92 Å². The molecule has 0 aliphatic carbocycles. The lowest BCUT2D eigenvalue weighted by Gasteiger charge is -2.16. The van der Waals surface area contributed by atoms with Gasteiger partial charge >= 0.3 is 0 Å². The topological polar surface area (TPSA) is 42.7 Å². The second-order valence-electron chi connectivity index (χ2n) is 5.85. The van der Waals surface area contributed by atoms with Crippen molar-refractivity contribution in [3.63, 3.8) is 0 Å². The predicted octanol–water partition coefficient (Wildman–Crippen LogP) is 2.79. The molecule has 1 atom stereocenters. The van der Waals surface area contributed by atoms with E-state index in [0.717, 1.165) is 10.7 Å². The minimum atomic E-state index is 0.0943. The van der Waals surface area contributed by atoms with Crippen molar-refractivity contribution >= 4 is 11.3 Å².